The van der Waals surface area contributed by atoms with E-state index in [9.17, 15) is 14.9 Å². The third kappa shape index (κ3) is 4.28. The highest BCUT2D eigenvalue weighted by Gasteiger charge is 2.25. The van der Waals surface area contributed by atoms with Crippen molar-refractivity contribution in [3.05, 3.63) is 81.9 Å². The number of ketones is 1. The van der Waals surface area contributed by atoms with Crippen molar-refractivity contribution in [1.29, 1.82) is 0 Å². The lowest BCUT2D eigenvalue weighted by molar-refractivity contribution is -0.384. The van der Waals surface area contributed by atoms with E-state index < -0.39 is 4.92 Å². The molecule has 1 saturated heterocycles. The van der Waals surface area contributed by atoms with Crippen LogP contribution in [0.4, 0.5) is 17.1 Å². The number of nitro benzene ring substituents is 1. The summed E-state index contributed by atoms with van der Waals surface area (Å²) in [5.74, 6) is -0.0749. The molecule has 8 heteroatoms. The lowest BCUT2D eigenvalue weighted by Gasteiger charge is -2.25. The van der Waals surface area contributed by atoms with Crippen LogP contribution in [0.2, 0.25) is 0 Å². The first-order valence-corrected chi connectivity index (χ1v) is 10.3. The molecule has 31 heavy (non-hydrogen) atoms. The highest BCUT2D eigenvalue weighted by Crippen LogP contribution is 2.31. The molecule has 3 aromatic rings. The van der Waals surface area contributed by atoms with Gasteiger partial charge in [-0.25, -0.2) is 4.98 Å². The lowest BCUT2D eigenvalue weighted by Crippen LogP contribution is -2.31. The van der Waals surface area contributed by atoms with Crippen molar-refractivity contribution < 1.29 is 9.72 Å². The molecular formula is C23H25N5O3. The molecule has 0 unspecified atom stereocenters. The monoisotopic (exact) mass is 419 g/mol. The van der Waals surface area contributed by atoms with Crippen LogP contribution in [0.15, 0.2) is 54.9 Å². The summed E-state index contributed by atoms with van der Waals surface area (Å²) in [4.78, 5) is 32.6. The molecule has 160 valence electrons. The highest BCUT2D eigenvalue weighted by molar-refractivity contribution is 6.07. The van der Waals surface area contributed by atoms with Gasteiger partial charge >= 0.3 is 0 Å². The number of nitrogens with zero attached hydrogens (tertiary/aromatic N) is 5. The molecule has 8 nitrogen and oxygen atoms in total. The number of anilines is 2. The molecule has 0 atom stereocenters. The molecule has 1 aliphatic rings. The van der Waals surface area contributed by atoms with Crippen LogP contribution in [0.1, 0.15) is 28.2 Å². The maximum Gasteiger partial charge on any atom is 0.293 e. The number of benzene rings is 2. The van der Waals surface area contributed by atoms with Gasteiger partial charge in [0.2, 0.25) is 5.78 Å². The molecule has 1 aromatic heterocycles. The molecule has 0 spiro atoms. The van der Waals surface area contributed by atoms with E-state index >= 15 is 0 Å². The Balaban J connectivity index is 1.57. The van der Waals surface area contributed by atoms with E-state index in [1.54, 1.807) is 29.9 Å². The Morgan fingerprint density at radius 3 is 2.42 bits per heavy atom. The lowest BCUT2D eigenvalue weighted by atomic mass is 10.1. The second-order valence-corrected chi connectivity index (χ2v) is 7.81. The summed E-state index contributed by atoms with van der Waals surface area (Å²) in [5, 5.41) is 11.8. The van der Waals surface area contributed by atoms with Crippen molar-refractivity contribution in [2.75, 3.05) is 36.0 Å². The van der Waals surface area contributed by atoms with Gasteiger partial charge in [-0.1, -0.05) is 17.7 Å². The molecule has 0 amide bonds. The zero-order chi connectivity index (χ0) is 22.0. The smallest absolute Gasteiger partial charge is 0.293 e. The number of imidazole rings is 1. The first-order chi connectivity index (χ1) is 14.9. The van der Waals surface area contributed by atoms with Crippen molar-refractivity contribution in [3.8, 4) is 0 Å². The van der Waals surface area contributed by atoms with Crippen LogP contribution in [0.5, 0.6) is 0 Å². The molecule has 2 heterocycles. The van der Waals surface area contributed by atoms with Gasteiger partial charge in [0.25, 0.3) is 5.69 Å². The van der Waals surface area contributed by atoms with E-state index in [4.69, 9.17) is 0 Å². The van der Waals surface area contributed by atoms with Crippen molar-refractivity contribution in [1.82, 2.24) is 9.55 Å². The van der Waals surface area contributed by atoms with Crippen LogP contribution in [-0.4, -0.2) is 46.4 Å². The molecule has 0 aliphatic carbocycles. The topological polar surface area (TPSA) is 84.5 Å². The van der Waals surface area contributed by atoms with E-state index in [0.717, 1.165) is 31.7 Å². The average Bonchev–Trinajstić information content (AvgIpc) is 3.05. The molecule has 0 bridgehead atoms. The number of hydrogen-bond donors (Lipinski definition) is 0. The Morgan fingerprint density at radius 1 is 1.03 bits per heavy atom. The standard InChI is InChI=1S/C23H25N5O3/c1-17-4-7-19(8-5-17)26-11-3-12-27(15-14-26)20-9-6-18(16-21(20)28(30)31)22(29)23-24-10-13-25(23)2/h4-10,13,16H,3,11-12,14-15H2,1-2H3. The quantitative estimate of drug-likeness (QED) is 0.357. The fraction of sp³-hybridized carbons (Fsp3) is 0.304. The fourth-order valence-electron chi connectivity index (χ4n) is 3.96. The molecule has 1 aliphatic heterocycles. The Kier molecular flexibility index (Phi) is 5.70. The number of hydrogen-bond acceptors (Lipinski definition) is 6. The second-order valence-electron chi connectivity index (χ2n) is 7.81. The van der Waals surface area contributed by atoms with Crippen molar-refractivity contribution in [2.45, 2.75) is 13.3 Å². The normalized spacial score (nSPS) is 14.4. The molecule has 1 fully saturated rings. The van der Waals surface area contributed by atoms with Crippen LogP contribution < -0.4 is 9.80 Å². The Hall–Kier alpha value is -3.68. The summed E-state index contributed by atoms with van der Waals surface area (Å²) in [5.41, 5.74) is 3.14. The summed E-state index contributed by atoms with van der Waals surface area (Å²) < 4.78 is 1.61. The molecule has 0 saturated carbocycles. The molecular weight excluding hydrogens is 394 g/mol. The van der Waals surface area contributed by atoms with Crippen LogP contribution in [0.3, 0.4) is 0 Å². The maximum atomic E-state index is 12.7. The molecule has 0 radical (unpaired) electrons. The van der Waals surface area contributed by atoms with Gasteiger partial charge < -0.3 is 14.4 Å². The van der Waals surface area contributed by atoms with E-state index in [1.807, 2.05) is 4.90 Å². The van der Waals surface area contributed by atoms with Crippen molar-refractivity contribution in [3.63, 3.8) is 0 Å². The minimum absolute atomic E-state index is 0.0520. The van der Waals surface area contributed by atoms with Gasteiger partial charge in [0.1, 0.15) is 5.69 Å². The number of carbonyl (C=O) groups is 1. The predicted octanol–water partition coefficient (Wildman–Crippen LogP) is 3.58. The van der Waals surface area contributed by atoms with Gasteiger partial charge in [-0.15, -0.1) is 0 Å². The van der Waals surface area contributed by atoms with Gasteiger partial charge in [-0.3, -0.25) is 14.9 Å². The maximum absolute atomic E-state index is 12.7. The van der Waals surface area contributed by atoms with Gasteiger partial charge in [0, 0.05) is 62.9 Å². The zero-order valence-electron chi connectivity index (χ0n) is 17.7. The van der Waals surface area contributed by atoms with Crippen LogP contribution in [0, 0.1) is 17.0 Å². The largest absolute Gasteiger partial charge is 0.370 e. The number of aromatic nitrogens is 2. The molecule has 4 rings (SSSR count). The summed E-state index contributed by atoms with van der Waals surface area (Å²) in [7, 11) is 1.72. The van der Waals surface area contributed by atoms with E-state index in [1.165, 1.54) is 17.8 Å². The average molecular weight is 419 g/mol. The fourth-order valence-corrected chi connectivity index (χ4v) is 3.96. The van der Waals surface area contributed by atoms with Crippen LogP contribution >= 0.6 is 0 Å². The molecule has 2 aromatic carbocycles. The summed E-state index contributed by atoms with van der Waals surface area (Å²) in [6.07, 6.45) is 4.10. The Bertz CT molecular complexity index is 1110. The number of nitro groups is 1. The van der Waals surface area contributed by atoms with Crippen molar-refractivity contribution in [2.24, 2.45) is 7.05 Å². The third-order valence-electron chi connectivity index (χ3n) is 5.69. The van der Waals surface area contributed by atoms with E-state index in [0.29, 0.717) is 12.2 Å². The number of carbonyl (C=O) groups excluding carboxylic acids is 1. The predicted molar refractivity (Wildman–Crippen MR) is 120 cm³/mol. The summed E-state index contributed by atoms with van der Waals surface area (Å²) >= 11 is 0. The number of rotatable bonds is 5. The van der Waals surface area contributed by atoms with Crippen molar-refractivity contribution >= 4 is 22.8 Å². The Labute approximate surface area is 180 Å². The molecule has 0 N–H and O–H groups in total. The zero-order valence-corrected chi connectivity index (χ0v) is 17.7. The van der Waals surface area contributed by atoms with Gasteiger partial charge in [0.15, 0.2) is 5.82 Å². The second kappa shape index (κ2) is 8.59. The first-order valence-electron chi connectivity index (χ1n) is 10.3. The SMILES string of the molecule is Cc1ccc(N2CCCN(c3ccc(C(=O)c4nccn4C)cc3[N+](=O)[O-])CC2)cc1. The highest BCUT2D eigenvalue weighted by atomic mass is 16.6. The Morgan fingerprint density at radius 2 is 1.74 bits per heavy atom. The summed E-state index contributed by atoms with van der Waals surface area (Å²) in [6.45, 7) is 5.11. The van der Waals surface area contributed by atoms with Gasteiger partial charge in [0.05, 0.1) is 4.92 Å². The minimum atomic E-state index is -0.410. The van der Waals surface area contributed by atoms with Crippen LogP contribution in [-0.2, 0) is 7.05 Å². The van der Waals surface area contributed by atoms with Gasteiger partial charge in [-0.2, -0.15) is 0 Å². The first kappa shape index (κ1) is 20.6. The number of aryl methyl sites for hydroxylation is 2. The summed E-state index contributed by atoms with van der Waals surface area (Å²) in [6, 6.07) is 13.1. The third-order valence-corrected chi connectivity index (χ3v) is 5.69. The van der Waals surface area contributed by atoms with E-state index in [-0.39, 0.29) is 22.9 Å². The van der Waals surface area contributed by atoms with E-state index in [2.05, 4.69) is 41.1 Å². The van der Waals surface area contributed by atoms with Gasteiger partial charge in [-0.05, 0) is 37.6 Å². The van der Waals surface area contributed by atoms with Crippen LogP contribution in [0.25, 0.3) is 0 Å². The minimum Gasteiger partial charge on any atom is -0.370 e.